The number of aliphatic carboxylic acids is 1. The maximum Gasteiger partial charge on any atom is 0.178 e. The highest BCUT2D eigenvalue weighted by atomic mass is 16.5. The molecule has 0 bridgehead atoms. The van der Waals surface area contributed by atoms with Crippen molar-refractivity contribution >= 4 is 28.2 Å². The highest BCUT2D eigenvalue weighted by molar-refractivity contribution is 5.79. The average Bonchev–Trinajstić information content (AvgIpc) is 3.34. The van der Waals surface area contributed by atoms with Crippen LogP contribution in [0.5, 0.6) is 0 Å². The van der Waals surface area contributed by atoms with Crippen LogP contribution in [0.25, 0.3) is 27.8 Å². The number of hydrogen-bond donors (Lipinski definition) is 1. The molecule has 9 heteroatoms. The van der Waals surface area contributed by atoms with Gasteiger partial charge in [-0.1, -0.05) is 48.5 Å². The average molecular weight is 509 g/mol. The number of anilines is 1. The van der Waals surface area contributed by atoms with E-state index < -0.39 is 12.1 Å². The highest BCUT2D eigenvalue weighted by Crippen LogP contribution is 2.31. The van der Waals surface area contributed by atoms with Crippen molar-refractivity contribution in [3.63, 3.8) is 0 Å². The second-order valence-corrected chi connectivity index (χ2v) is 9.30. The smallest absolute Gasteiger partial charge is 0.178 e. The van der Waals surface area contributed by atoms with Crippen molar-refractivity contribution in [2.24, 2.45) is 0 Å². The third-order valence-corrected chi connectivity index (χ3v) is 6.92. The molecule has 2 aromatic carbocycles. The molecule has 1 unspecified atom stereocenters. The zero-order chi connectivity index (χ0) is 26.1. The van der Waals surface area contributed by atoms with E-state index in [1.54, 1.807) is 30.5 Å². The molecule has 0 amide bonds. The van der Waals surface area contributed by atoms with E-state index in [1.165, 1.54) is 0 Å². The van der Waals surface area contributed by atoms with Gasteiger partial charge in [0.2, 0.25) is 0 Å². The maximum atomic E-state index is 11.1. The number of carbonyl (C=O) groups is 1. The Bertz CT molecular complexity index is 1610. The van der Waals surface area contributed by atoms with Gasteiger partial charge in [-0.2, -0.15) is 5.10 Å². The van der Waals surface area contributed by atoms with Crippen molar-refractivity contribution < 1.29 is 19.7 Å². The third-order valence-electron chi connectivity index (χ3n) is 6.92. The summed E-state index contributed by atoms with van der Waals surface area (Å²) in [5, 5.41) is 26.8. The fourth-order valence-corrected chi connectivity index (χ4v) is 4.95. The van der Waals surface area contributed by atoms with Crippen LogP contribution in [0.3, 0.4) is 0 Å². The zero-order valence-electron chi connectivity index (χ0n) is 20.7. The molecule has 0 aliphatic carbocycles. The first-order chi connectivity index (χ1) is 18.6. The SMILES string of the molecule is O=C([O-])C(O)c1ccc(-c2c(CCc3ccc4ccccc4n3)nc3c(N4CCOCC4)ccnn23)cc1. The lowest BCUT2D eigenvalue weighted by Gasteiger charge is -2.28. The normalized spacial score (nSPS) is 14.7. The predicted molar refractivity (Wildman–Crippen MR) is 141 cm³/mol. The number of rotatable bonds is 7. The van der Waals surface area contributed by atoms with Crippen molar-refractivity contribution in [3.8, 4) is 11.3 Å². The molecule has 1 atom stereocenters. The molecule has 38 heavy (non-hydrogen) atoms. The minimum atomic E-state index is -1.68. The van der Waals surface area contributed by atoms with E-state index in [4.69, 9.17) is 14.7 Å². The van der Waals surface area contributed by atoms with Crippen LogP contribution in [-0.2, 0) is 22.4 Å². The highest BCUT2D eigenvalue weighted by Gasteiger charge is 2.22. The van der Waals surface area contributed by atoms with E-state index in [0.29, 0.717) is 26.1 Å². The Hall–Kier alpha value is -4.34. The fraction of sp³-hybridized carbons (Fsp3) is 0.241. The minimum absolute atomic E-state index is 0.256. The molecule has 1 N–H and O–H groups in total. The molecule has 4 heterocycles. The molecular weight excluding hydrogens is 482 g/mol. The number of carboxylic acids is 1. The van der Waals surface area contributed by atoms with E-state index in [-0.39, 0.29) is 5.56 Å². The van der Waals surface area contributed by atoms with E-state index in [9.17, 15) is 15.0 Å². The number of para-hydroxylation sites is 1. The minimum Gasteiger partial charge on any atom is -0.547 e. The van der Waals surface area contributed by atoms with E-state index >= 15 is 0 Å². The fourth-order valence-electron chi connectivity index (χ4n) is 4.95. The molecule has 0 spiro atoms. The number of benzene rings is 2. The molecule has 1 aliphatic rings. The number of imidazole rings is 1. The summed E-state index contributed by atoms with van der Waals surface area (Å²) in [6.45, 7) is 2.86. The second kappa shape index (κ2) is 10.2. The van der Waals surface area contributed by atoms with Gasteiger partial charge in [-0.25, -0.2) is 9.50 Å². The second-order valence-electron chi connectivity index (χ2n) is 9.30. The molecule has 0 saturated carbocycles. The summed E-state index contributed by atoms with van der Waals surface area (Å²) >= 11 is 0. The monoisotopic (exact) mass is 508 g/mol. The summed E-state index contributed by atoms with van der Waals surface area (Å²) in [4.78, 5) is 23.3. The number of ether oxygens (including phenoxy) is 1. The molecular formula is C29H26N5O4-. The zero-order valence-corrected chi connectivity index (χ0v) is 20.7. The number of fused-ring (bicyclic) bond motifs is 2. The number of aromatic nitrogens is 4. The van der Waals surface area contributed by atoms with Crippen LogP contribution in [0, 0.1) is 0 Å². The van der Waals surface area contributed by atoms with Crippen molar-refractivity contribution in [1.29, 1.82) is 0 Å². The number of pyridine rings is 1. The molecule has 192 valence electrons. The lowest BCUT2D eigenvalue weighted by molar-refractivity contribution is -0.315. The third kappa shape index (κ3) is 4.57. The van der Waals surface area contributed by atoms with Gasteiger partial charge in [-0.3, -0.25) is 4.98 Å². The molecule has 6 rings (SSSR count). The van der Waals surface area contributed by atoms with Crippen LogP contribution < -0.4 is 10.0 Å². The number of aliphatic hydroxyl groups excluding tert-OH is 1. The first kappa shape index (κ1) is 24.0. The van der Waals surface area contributed by atoms with Crippen molar-refractivity contribution in [3.05, 3.63) is 89.9 Å². The number of aliphatic hydroxyl groups is 1. The van der Waals surface area contributed by atoms with Gasteiger partial charge < -0.3 is 24.6 Å². The van der Waals surface area contributed by atoms with E-state index in [0.717, 1.165) is 58.0 Å². The Labute approximate surface area is 219 Å². The molecule has 1 fully saturated rings. The molecule has 1 saturated heterocycles. The van der Waals surface area contributed by atoms with Crippen LogP contribution in [0.1, 0.15) is 23.1 Å². The Balaban J connectivity index is 1.41. The predicted octanol–water partition coefficient (Wildman–Crippen LogP) is 2.35. The van der Waals surface area contributed by atoms with Gasteiger partial charge in [0.1, 0.15) is 6.10 Å². The largest absolute Gasteiger partial charge is 0.547 e. The van der Waals surface area contributed by atoms with E-state index in [2.05, 4.69) is 16.1 Å². The summed E-state index contributed by atoms with van der Waals surface area (Å²) in [6.07, 6.45) is 1.41. The van der Waals surface area contributed by atoms with Crippen LogP contribution >= 0.6 is 0 Å². The summed E-state index contributed by atoms with van der Waals surface area (Å²) in [5.41, 5.74) is 6.44. The molecule has 5 aromatic rings. The number of carbonyl (C=O) groups excluding carboxylic acids is 1. The van der Waals surface area contributed by atoms with Crippen molar-refractivity contribution in [2.45, 2.75) is 18.9 Å². The Kier molecular flexibility index (Phi) is 6.45. The molecule has 3 aromatic heterocycles. The van der Waals surface area contributed by atoms with Crippen molar-refractivity contribution in [2.75, 3.05) is 31.2 Å². The number of morpholine rings is 1. The van der Waals surface area contributed by atoms with E-state index in [1.807, 2.05) is 40.9 Å². The van der Waals surface area contributed by atoms with Gasteiger partial charge >= 0.3 is 0 Å². The Morgan fingerprint density at radius 3 is 2.55 bits per heavy atom. The molecule has 1 aliphatic heterocycles. The van der Waals surface area contributed by atoms with Crippen LogP contribution in [0.4, 0.5) is 5.69 Å². The van der Waals surface area contributed by atoms with Gasteiger partial charge in [0.05, 0.1) is 48.0 Å². The van der Waals surface area contributed by atoms with Crippen molar-refractivity contribution in [1.82, 2.24) is 19.6 Å². The van der Waals surface area contributed by atoms with Gasteiger partial charge in [0.15, 0.2) is 5.65 Å². The summed E-state index contributed by atoms with van der Waals surface area (Å²) in [5.74, 6) is -1.53. The van der Waals surface area contributed by atoms with Gasteiger partial charge in [-0.05, 0) is 36.6 Å². The van der Waals surface area contributed by atoms with Gasteiger partial charge in [-0.15, -0.1) is 0 Å². The molecule has 0 radical (unpaired) electrons. The summed E-state index contributed by atoms with van der Waals surface area (Å²) < 4.78 is 7.38. The lowest BCUT2D eigenvalue weighted by Crippen LogP contribution is -2.36. The van der Waals surface area contributed by atoms with Crippen LogP contribution in [0.15, 0.2) is 72.9 Å². The number of nitrogens with zero attached hydrogens (tertiary/aromatic N) is 5. The maximum absolute atomic E-state index is 11.1. The number of hydrogen-bond acceptors (Lipinski definition) is 8. The summed E-state index contributed by atoms with van der Waals surface area (Å²) in [6, 6.07) is 20.9. The van der Waals surface area contributed by atoms with Gasteiger partial charge in [0.25, 0.3) is 0 Å². The standard InChI is InChI=1S/C29H27N5O4/c35-27(29(36)37)21-7-5-20(6-8-21)26-24(12-11-22-10-9-19-3-1-2-4-23(19)31-22)32-28-25(13-14-30-34(26)28)33-15-17-38-18-16-33/h1-10,13-14,27,35H,11-12,15-18H2,(H,36,37)/p-1. The lowest BCUT2D eigenvalue weighted by atomic mass is 10.0. The first-order valence-electron chi connectivity index (χ1n) is 12.6. The number of carboxylic acid groups (broad SMARTS) is 1. The Morgan fingerprint density at radius 2 is 1.76 bits per heavy atom. The number of aryl methyl sites for hydroxylation is 2. The quantitative estimate of drug-likeness (QED) is 0.356. The van der Waals surface area contributed by atoms with Crippen LogP contribution in [0.2, 0.25) is 0 Å². The molecule has 9 nitrogen and oxygen atoms in total. The first-order valence-corrected chi connectivity index (χ1v) is 12.6. The van der Waals surface area contributed by atoms with Gasteiger partial charge in [0, 0.05) is 29.7 Å². The van der Waals surface area contributed by atoms with Crippen LogP contribution in [-0.4, -0.2) is 57.0 Å². The Morgan fingerprint density at radius 1 is 0.974 bits per heavy atom. The summed E-state index contributed by atoms with van der Waals surface area (Å²) in [7, 11) is 0. The topological polar surface area (TPSA) is 116 Å².